The molecule has 6 atom stereocenters. The molecule has 1 aromatic heterocycles. The number of hydrogen-bond acceptors (Lipinski definition) is 9. The van der Waals surface area contributed by atoms with E-state index in [4.69, 9.17) is 9.72 Å². The molecule has 5 aromatic carbocycles. The molecule has 2 bridgehead atoms. The number of carbonyl (C=O) groups excluding carboxylic acids is 6. The van der Waals surface area contributed by atoms with Crippen LogP contribution in [0.25, 0.3) is 0 Å². The molecule has 0 spiro atoms. The average Bonchev–Trinajstić information content (AvgIpc) is 3.88. The molecule has 0 saturated heterocycles. The van der Waals surface area contributed by atoms with Crippen LogP contribution < -0.4 is 36.6 Å². The number of rotatable bonds is 18. The fraction of sp³-hybridized carbons (Fsp3) is 0.339. The van der Waals surface area contributed by atoms with Crippen LogP contribution in [0.15, 0.2) is 158 Å². The van der Waals surface area contributed by atoms with E-state index in [1.54, 1.807) is 82.6 Å². The van der Waals surface area contributed by atoms with E-state index in [0.29, 0.717) is 42.1 Å². The third kappa shape index (κ3) is 13.9. The second kappa shape index (κ2) is 25.7. The first-order valence-electron chi connectivity index (χ1n) is 25.5. The first kappa shape index (κ1) is 54.7. The summed E-state index contributed by atoms with van der Waals surface area (Å²) in [7, 11) is 0. The Hall–Kier alpha value is -8.11. The minimum Gasteiger partial charge on any atom is -0.494 e. The topological polar surface area (TPSA) is 222 Å². The van der Waals surface area contributed by atoms with E-state index in [2.05, 4.69) is 68.3 Å². The van der Waals surface area contributed by atoms with Gasteiger partial charge in [-0.15, -0.1) is 0 Å². The van der Waals surface area contributed by atoms with E-state index < -0.39 is 77.3 Å². The van der Waals surface area contributed by atoms with Gasteiger partial charge in [0.2, 0.25) is 29.5 Å². The molecule has 0 radical (unpaired) electrons. The number of nitrogens with zero attached hydrogens (tertiary/aromatic N) is 2. The average molecular weight is 1020 g/mol. The van der Waals surface area contributed by atoms with Gasteiger partial charge in [0.1, 0.15) is 35.5 Å². The Bertz CT molecular complexity index is 2750. The molecule has 2 aliphatic rings. The lowest BCUT2D eigenvalue weighted by molar-refractivity contribution is -0.137. The zero-order chi connectivity index (χ0) is 53.5. The Morgan fingerprint density at radius 1 is 0.720 bits per heavy atom. The van der Waals surface area contributed by atoms with Crippen LogP contribution in [0.2, 0.25) is 0 Å². The summed E-state index contributed by atoms with van der Waals surface area (Å²) in [4.78, 5) is 88.1. The van der Waals surface area contributed by atoms with Crippen LogP contribution in [-0.4, -0.2) is 99.6 Å². The van der Waals surface area contributed by atoms with E-state index in [0.717, 1.165) is 16.7 Å². The highest BCUT2D eigenvalue weighted by Gasteiger charge is 2.40. The smallest absolute Gasteiger partial charge is 0.251 e. The molecule has 6 amide bonds. The van der Waals surface area contributed by atoms with Gasteiger partial charge < -0.3 is 46.3 Å². The third-order valence-corrected chi connectivity index (χ3v) is 13.4. The first-order valence-corrected chi connectivity index (χ1v) is 25.5. The molecular formula is C59H68N8O8. The summed E-state index contributed by atoms with van der Waals surface area (Å²) < 4.78 is 7.84. The molecule has 16 nitrogen and oxygen atoms in total. The number of hydrogen-bond donors (Lipinski definition) is 7. The largest absolute Gasteiger partial charge is 0.494 e. The highest BCUT2D eigenvalue weighted by molar-refractivity contribution is 5.94. The number of aliphatic hydroxyl groups is 1. The maximum atomic E-state index is 14.5. The van der Waals surface area contributed by atoms with Crippen LogP contribution in [0.4, 0.5) is 0 Å². The monoisotopic (exact) mass is 1020 g/mol. The van der Waals surface area contributed by atoms with Gasteiger partial charge in [-0.2, -0.15) is 0 Å². The van der Waals surface area contributed by atoms with Gasteiger partial charge in [-0.25, -0.2) is 4.98 Å². The number of nitrogens with one attached hydrogen (secondary N) is 6. The van der Waals surface area contributed by atoms with Crippen LogP contribution >= 0.6 is 0 Å². The molecule has 0 unspecified atom stereocenters. The second-order valence-electron chi connectivity index (χ2n) is 19.7. The van der Waals surface area contributed by atoms with Gasteiger partial charge in [0.25, 0.3) is 5.91 Å². The van der Waals surface area contributed by atoms with Crippen molar-refractivity contribution in [3.8, 4) is 5.75 Å². The van der Waals surface area contributed by atoms with E-state index in [9.17, 15) is 33.9 Å². The minimum atomic E-state index is -1.90. The number of aromatic nitrogens is 2. The Morgan fingerprint density at radius 3 is 1.84 bits per heavy atom. The maximum absolute atomic E-state index is 14.5. The number of amides is 6. The molecule has 7 N–H and O–H groups in total. The van der Waals surface area contributed by atoms with E-state index in [1.165, 1.54) is 6.92 Å². The van der Waals surface area contributed by atoms with Crippen LogP contribution in [0.3, 0.4) is 0 Å². The van der Waals surface area contributed by atoms with Gasteiger partial charge in [0, 0.05) is 32.5 Å². The molecule has 392 valence electrons. The van der Waals surface area contributed by atoms with Crippen LogP contribution in [0.1, 0.15) is 74.6 Å². The second-order valence-corrected chi connectivity index (χ2v) is 19.7. The maximum Gasteiger partial charge on any atom is 0.251 e. The van der Waals surface area contributed by atoms with Gasteiger partial charge in [0.15, 0.2) is 6.10 Å². The van der Waals surface area contributed by atoms with E-state index in [1.807, 2.05) is 71.4 Å². The molecule has 0 saturated carbocycles. The van der Waals surface area contributed by atoms with Gasteiger partial charge in [0.05, 0.1) is 24.7 Å². The highest BCUT2D eigenvalue weighted by atomic mass is 16.5. The van der Waals surface area contributed by atoms with Crippen molar-refractivity contribution in [1.29, 1.82) is 0 Å². The zero-order valence-electron chi connectivity index (χ0n) is 43.1. The third-order valence-electron chi connectivity index (χ3n) is 13.4. The molecule has 6 aromatic rings. The molecule has 0 fully saturated rings. The zero-order valence-corrected chi connectivity index (χ0v) is 43.1. The predicted octanol–water partition coefficient (Wildman–Crippen LogP) is 4.77. The molecule has 0 aliphatic carbocycles. The highest BCUT2D eigenvalue weighted by Crippen LogP contribution is 2.41. The summed E-state index contributed by atoms with van der Waals surface area (Å²) >= 11 is 0. The normalized spacial score (nSPS) is 16.9. The van der Waals surface area contributed by atoms with Crippen LogP contribution in [-0.2, 0) is 53.6 Å². The Kier molecular flexibility index (Phi) is 18.7. The number of fused-ring (bicyclic) bond motifs is 12. The summed E-state index contributed by atoms with van der Waals surface area (Å²) in [5.41, 5.74) is 3.87. The van der Waals surface area contributed by atoms with Crippen molar-refractivity contribution in [2.45, 2.75) is 102 Å². The standard InChI is InChI=1S/C59H68N8O8/c1-38(2)51-56(72)60-31-18-32-75-47-29-27-42(28-30-47)34-49(54(70)65-51)64-58(74)53(69)48(33-41-19-10-6-11-20-41)63-57(73)52(39(3)4)66-55(71)50(62-40(5)68)35-46-36-67(37-61-46)59(43-21-12-7-13-22-43,44-23-14-8-15-24-44)45-25-16-9-17-26-45/h6-17,19-30,36-39,48-53,69H,18,31-35H2,1-5H3,(H,60,72)(H,62,68)(H,63,73)(H,64,74)(H,65,70)(H,66,71)/t48-,49-,50-,51-,52-,53+/m0/s1. The molecule has 75 heavy (non-hydrogen) atoms. The molecule has 3 heterocycles. The minimum absolute atomic E-state index is 0.00215. The number of carbonyl (C=O) groups is 6. The van der Waals surface area contributed by atoms with Crippen molar-refractivity contribution in [2.75, 3.05) is 13.2 Å². The number of benzene rings is 5. The number of ether oxygens (including phenoxy) is 1. The van der Waals surface area contributed by atoms with E-state index in [-0.39, 0.29) is 31.1 Å². The Labute approximate surface area is 438 Å². The van der Waals surface area contributed by atoms with Crippen molar-refractivity contribution >= 4 is 35.4 Å². The summed E-state index contributed by atoms with van der Waals surface area (Å²) in [6.45, 7) is 9.06. The number of imidazole rings is 1. The van der Waals surface area contributed by atoms with Crippen molar-refractivity contribution < 1.29 is 38.6 Å². The number of aliphatic hydroxyl groups excluding tert-OH is 1. The van der Waals surface area contributed by atoms with Gasteiger partial charge in [-0.1, -0.05) is 161 Å². The van der Waals surface area contributed by atoms with Gasteiger partial charge in [-0.3, -0.25) is 28.8 Å². The molecular weight excluding hydrogens is 949 g/mol. The molecule has 2 aliphatic heterocycles. The lowest BCUT2D eigenvalue weighted by Gasteiger charge is -2.37. The predicted molar refractivity (Wildman–Crippen MR) is 285 cm³/mol. The van der Waals surface area contributed by atoms with Gasteiger partial charge >= 0.3 is 0 Å². The fourth-order valence-electron chi connectivity index (χ4n) is 9.45. The van der Waals surface area contributed by atoms with Crippen molar-refractivity contribution in [1.82, 2.24) is 41.5 Å². The lowest BCUT2D eigenvalue weighted by atomic mass is 9.77. The van der Waals surface area contributed by atoms with Crippen molar-refractivity contribution in [2.24, 2.45) is 11.8 Å². The first-order chi connectivity index (χ1) is 36.1. The summed E-state index contributed by atoms with van der Waals surface area (Å²) in [5, 5.41) is 28.8. The summed E-state index contributed by atoms with van der Waals surface area (Å²) in [5.74, 6) is -4.04. The van der Waals surface area contributed by atoms with Crippen LogP contribution in [0.5, 0.6) is 5.75 Å². The lowest BCUT2D eigenvalue weighted by Crippen LogP contribution is -2.61. The van der Waals surface area contributed by atoms with Gasteiger partial charge in [-0.05, 0) is 64.6 Å². The van der Waals surface area contributed by atoms with Crippen LogP contribution in [0, 0.1) is 11.8 Å². The van der Waals surface area contributed by atoms with E-state index >= 15 is 0 Å². The SMILES string of the molecule is CC(=O)N[C@@H](Cc1cn(C(c2ccccc2)(c2ccccc2)c2ccccc2)cn1)C(=O)N[C@H](C(=O)N[C@@H](Cc1ccccc1)[C@@H](O)C(=O)N[C@H]1Cc2ccc(cc2)OCCCNC(=O)[C@H](C(C)C)NC1=O)C(C)C. The molecule has 16 heteroatoms. The Balaban J connectivity index is 1.12. The molecule has 8 rings (SSSR count). The van der Waals surface area contributed by atoms with Crippen molar-refractivity contribution in [3.63, 3.8) is 0 Å². The summed E-state index contributed by atoms with van der Waals surface area (Å²) in [6.07, 6.45) is 2.17. The fourth-order valence-corrected chi connectivity index (χ4v) is 9.45. The Morgan fingerprint density at radius 2 is 1.29 bits per heavy atom. The quantitative estimate of drug-likeness (QED) is 0.0589. The van der Waals surface area contributed by atoms with Crippen molar-refractivity contribution in [3.05, 3.63) is 192 Å². The summed E-state index contributed by atoms with van der Waals surface area (Å²) in [6, 6.07) is 40.3.